The van der Waals surface area contributed by atoms with Gasteiger partial charge in [-0.2, -0.15) is 0 Å². The molecule has 0 spiro atoms. The summed E-state index contributed by atoms with van der Waals surface area (Å²) >= 11 is 0. The molecule has 1 aromatic carbocycles. The fraction of sp³-hybridized carbons (Fsp3) is 0.526. The number of fused-ring (bicyclic) bond motifs is 1. The first kappa shape index (κ1) is 19.0. The fourth-order valence-corrected chi connectivity index (χ4v) is 2.96. The van der Waals surface area contributed by atoms with Gasteiger partial charge in [-0.1, -0.05) is 27.7 Å². The molecular weight excluding hydrogens is 318 g/mol. The number of amides is 4. The van der Waals surface area contributed by atoms with Crippen molar-refractivity contribution in [3.05, 3.63) is 29.3 Å². The maximum Gasteiger partial charge on any atom is 0.321 e. The summed E-state index contributed by atoms with van der Waals surface area (Å²) in [6.45, 7) is 9.75. The van der Waals surface area contributed by atoms with E-state index in [0.29, 0.717) is 36.4 Å². The summed E-state index contributed by atoms with van der Waals surface area (Å²) in [5, 5.41) is 2.84. The Hall–Kier alpha value is -2.37. The highest BCUT2D eigenvalue weighted by Crippen LogP contribution is 2.26. The molecule has 2 rings (SSSR count). The molecule has 1 aliphatic heterocycles. The number of hydrogen-bond acceptors (Lipinski definition) is 3. The van der Waals surface area contributed by atoms with Crippen molar-refractivity contribution < 1.29 is 14.4 Å². The van der Waals surface area contributed by atoms with Gasteiger partial charge in [0.05, 0.1) is 11.1 Å². The van der Waals surface area contributed by atoms with E-state index in [1.165, 1.54) is 4.90 Å². The number of hydrogen-bond donors (Lipinski definition) is 1. The summed E-state index contributed by atoms with van der Waals surface area (Å²) in [5.41, 5.74) is 1.30. The molecule has 1 N–H and O–H groups in total. The molecule has 0 aromatic heterocycles. The van der Waals surface area contributed by atoms with E-state index >= 15 is 0 Å². The van der Waals surface area contributed by atoms with Crippen molar-refractivity contribution in [3.8, 4) is 0 Å². The molecule has 0 saturated carbocycles. The van der Waals surface area contributed by atoms with E-state index in [2.05, 4.69) is 5.32 Å². The summed E-state index contributed by atoms with van der Waals surface area (Å²) < 4.78 is 0. The lowest BCUT2D eigenvalue weighted by Gasteiger charge is -2.22. The van der Waals surface area contributed by atoms with Crippen molar-refractivity contribution in [3.63, 3.8) is 0 Å². The van der Waals surface area contributed by atoms with Gasteiger partial charge in [0.25, 0.3) is 11.8 Å². The van der Waals surface area contributed by atoms with Crippen LogP contribution < -0.4 is 5.32 Å². The van der Waals surface area contributed by atoms with Gasteiger partial charge in [-0.3, -0.25) is 14.5 Å². The first-order valence-corrected chi connectivity index (χ1v) is 8.95. The average Bonchev–Trinajstić information content (AvgIpc) is 2.79. The molecular formula is C19H27N3O3. The van der Waals surface area contributed by atoms with Crippen LogP contribution in [0.25, 0.3) is 0 Å². The smallest absolute Gasteiger partial charge is 0.321 e. The predicted octanol–water partition coefficient (Wildman–Crippen LogP) is 3.59. The van der Waals surface area contributed by atoms with E-state index in [1.807, 2.05) is 27.7 Å². The quantitative estimate of drug-likeness (QED) is 0.768. The topological polar surface area (TPSA) is 69.7 Å². The molecule has 0 atom stereocenters. The molecule has 4 amide bonds. The van der Waals surface area contributed by atoms with Crippen LogP contribution in [0.4, 0.5) is 10.5 Å². The lowest BCUT2D eigenvalue weighted by atomic mass is 10.1. The molecule has 0 saturated heterocycles. The molecule has 1 aromatic rings. The van der Waals surface area contributed by atoms with Crippen molar-refractivity contribution in [2.24, 2.45) is 5.92 Å². The molecule has 0 fully saturated rings. The third-order valence-corrected chi connectivity index (χ3v) is 4.04. The van der Waals surface area contributed by atoms with Gasteiger partial charge in [0.1, 0.15) is 0 Å². The van der Waals surface area contributed by atoms with Gasteiger partial charge >= 0.3 is 6.03 Å². The highest BCUT2D eigenvalue weighted by molar-refractivity contribution is 6.21. The molecule has 0 unspecified atom stereocenters. The average molecular weight is 345 g/mol. The van der Waals surface area contributed by atoms with Crippen molar-refractivity contribution in [1.29, 1.82) is 0 Å². The third-order valence-electron chi connectivity index (χ3n) is 4.04. The summed E-state index contributed by atoms with van der Waals surface area (Å²) in [6, 6.07) is 4.72. The number of benzene rings is 1. The van der Waals surface area contributed by atoms with Gasteiger partial charge in [-0.15, -0.1) is 0 Å². The largest absolute Gasteiger partial charge is 0.325 e. The lowest BCUT2D eigenvalue weighted by molar-refractivity contribution is 0.0636. The van der Waals surface area contributed by atoms with Crippen molar-refractivity contribution >= 4 is 23.5 Å². The first-order valence-electron chi connectivity index (χ1n) is 8.95. The monoisotopic (exact) mass is 345 g/mol. The number of imide groups is 1. The van der Waals surface area contributed by atoms with Crippen LogP contribution in [0.15, 0.2) is 18.2 Å². The molecule has 6 heteroatoms. The summed E-state index contributed by atoms with van der Waals surface area (Å²) in [6.07, 6.45) is 1.77. The van der Waals surface area contributed by atoms with Gasteiger partial charge in [-0.25, -0.2) is 4.79 Å². The number of nitrogens with one attached hydrogen (secondary N) is 1. The van der Waals surface area contributed by atoms with E-state index in [4.69, 9.17) is 0 Å². The molecule has 6 nitrogen and oxygen atoms in total. The van der Waals surface area contributed by atoms with Crippen molar-refractivity contribution in [1.82, 2.24) is 9.80 Å². The van der Waals surface area contributed by atoms with E-state index in [9.17, 15) is 14.4 Å². The Balaban J connectivity index is 2.17. The van der Waals surface area contributed by atoms with Gasteiger partial charge in [-0.05, 0) is 37.0 Å². The van der Waals surface area contributed by atoms with Crippen LogP contribution in [0.3, 0.4) is 0 Å². The summed E-state index contributed by atoms with van der Waals surface area (Å²) in [5.74, 6) is -0.341. The Bertz CT molecular complexity index is 664. The molecule has 0 aliphatic carbocycles. The van der Waals surface area contributed by atoms with E-state index in [0.717, 1.165) is 12.8 Å². The minimum absolute atomic E-state index is 0.181. The van der Waals surface area contributed by atoms with Crippen LogP contribution in [0.1, 0.15) is 61.3 Å². The number of urea groups is 1. The second-order valence-electron chi connectivity index (χ2n) is 6.79. The van der Waals surface area contributed by atoms with E-state index in [-0.39, 0.29) is 23.8 Å². The number of anilines is 1. The number of carbonyl (C=O) groups is 3. The van der Waals surface area contributed by atoms with Crippen LogP contribution >= 0.6 is 0 Å². The summed E-state index contributed by atoms with van der Waals surface area (Å²) in [7, 11) is 0. The summed E-state index contributed by atoms with van der Waals surface area (Å²) in [4.78, 5) is 40.3. The van der Waals surface area contributed by atoms with Crippen molar-refractivity contribution in [2.75, 3.05) is 25.0 Å². The Kier molecular flexibility index (Phi) is 6.17. The highest BCUT2D eigenvalue weighted by atomic mass is 16.2. The fourth-order valence-electron chi connectivity index (χ4n) is 2.96. The molecule has 136 valence electrons. The molecule has 25 heavy (non-hydrogen) atoms. The Labute approximate surface area is 149 Å². The highest BCUT2D eigenvalue weighted by Gasteiger charge is 2.35. The van der Waals surface area contributed by atoms with Crippen molar-refractivity contribution in [2.45, 2.75) is 40.5 Å². The number of carbonyl (C=O) groups excluding carboxylic acids is 3. The molecule has 0 radical (unpaired) electrons. The Morgan fingerprint density at radius 1 is 1.08 bits per heavy atom. The van der Waals surface area contributed by atoms with Crippen LogP contribution in [0, 0.1) is 5.92 Å². The van der Waals surface area contributed by atoms with Gasteiger partial charge in [0.15, 0.2) is 0 Å². The van der Waals surface area contributed by atoms with Crippen LogP contribution in [-0.4, -0.2) is 47.3 Å². The third kappa shape index (κ3) is 4.18. The Morgan fingerprint density at radius 2 is 1.68 bits per heavy atom. The molecule has 1 aliphatic rings. The molecule has 1 heterocycles. The zero-order valence-electron chi connectivity index (χ0n) is 15.5. The van der Waals surface area contributed by atoms with Gasteiger partial charge in [0.2, 0.25) is 0 Å². The standard InChI is InChI=1S/C19H27N3O3/c1-5-9-21(10-6-2)19(25)20-14-7-8-15-16(11-14)18(24)22(17(15)23)12-13(3)4/h7-8,11,13H,5-6,9-10,12H2,1-4H3,(H,20,25). The number of nitrogens with zero attached hydrogens (tertiary/aromatic N) is 2. The first-order chi connectivity index (χ1) is 11.9. The predicted molar refractivity (Wildman–Crippen MR) is 97.8 cm³/mol. The SMILES string of the molecule is CCCN(CCC)C(=O)Nc1ccc2c(c1)C(=O)N(CC(C)C)C2=O. The van der Waals surface area contributed by atoms with E-state index < -0.39 is 0 Å². The minimum Gasteiger partial charge on any atom is -0.325 e. The van der Waals surface area contributed by atoms with Crippen LogP contribution in [0.2, 0.25) is 0 Å². The maximum absolute atomic E-state index is 12.5. The number of rotatable bonds is 7. The molecule has 0 bridgehead atoms. The lowest BCUT2D eigenvalue weighted by Crippen LogP contribution is -2.36. The Morgan fingerprint density at radius 3 is 2.24 bits per heavy atom. The van der Waals surface area contributed by atoms with E-state index in [1.54, 1.807) is 23.1 Å². The van der Waals surface area contributed by atoms with Crippen LogP contribution in [-0.2, 0) is 0 Å². The zero-order valence-corrected chi connectivity index (χ0v) is 15.5. The van der Waals surface area contributed by atoms with Crippen LogP contribution in [0.5, 0.6) is 0 Å². The van der Waals surface area contributed by atoms with Gasteiger partial charge < -0.3 is 10.2 Å². The zero-order chi connectivity index (χ0) is 18.6. The second-order valence-corrected chi connectivity index (χ2v) is 6.79. The minimum atomic E-state index is -0.288. The van der Waals surface area contributed by atoms with Gasteiger partial charge in [0, 0.05) is 25.3 Å². The second kappa shape index (κ2) is 8.14. The normalized spacial score (nSPS) is 13.4. The maximum atomic E-state index is 12.5.